The number of rotatable bonds is 2. The SMILES string of the molecule is CC1CCCN1Cc1c(F)cccc1Br. The lowest BCUT2D eigenvalue weighted by atomic mass is 10.2. The molecule has 1 fully saturated rings. The molecule has 1 aliphatic rings. The third-order valence-electron chi connectivity index (χ3n) is 3.11. The zero-order valence-electron chi connectivity index (χ0n) is 8.84. The normalized spacial score (nSPS) is 22.2. The summed E-state index contributed by atoms with van der Waals surface area (Å²) in [6, 6.07) is 5.74. The molecule has 2 rings (SSSR count). The Morgan fingerprint density at radius 2 is 2.33 bits per heavy atom. The van der Waals surface area contributed by atoms with Crippen molar-refractivity contribution in [1.29, 1.82) is 0 Å². The molecule has 0 radical (unpaired) electrons. The van der Waals surface area contributed by atoms with E-state index >= 15 is 0 Å². The molecule has 1 saturated heterocycles. The summed E-state index contributed by atoms with van der Waals surface area (Å²) in [5.41, 5.74) is 0.784. The van der Waals surface area contributed by atoms with E-state index in [0.717, 1.165) is 16.6 Å². The fourth-order valence-corrected chi connectivity index (χ4v) is 2.58. The summed E-state index contributed by atoms with van der Waals surface area (Å²) in [5, 5.41) is 0. The Morgan fingerprint density at radius 1 is 1.53 bits per heavy atom. The van der Waals surface area contributed by atoms with Gasteiger partial charge in [0.05, 0.1) is 0 Å². The van der Waals surface area contributed by atoms with Gasteiger partial charge in [-0.2, -0.15) is 0 Å². The molecule has 82 valence electrons. The minimum Gasteiger partial charge on any atom is -0.296 e. The van der Waals surface area contributed by atoms with E-state index in [0.29, 0.717) is 12.6 Å². The highest BCUT2D eigenvalue weighted by atomic mass is 79.9. The van der Waals surface area contributed by atoms with E-state index in [1.54, 1.807) is 6.07 Å². The second-order valence-electron chi connectivity index (χ2n) is 4.16. The van der Waals surface area contributed by atoms with Crippen LogP contribution >= 0.6 is 15.9 Å². The fourth-order valence-electron chi connectivity index (χ4n) is 2.11. The monoisotopic (exact) mass is 271 g/mol. The van der Waals surface area contributed by atoms with Gasteiger partial charge in [-0.3, -0.25) is 4.90 Å². The predicted octanol–water partition coefficient (Wildman–Crippen LogP) is 3.57. The number of nitrogens with zero attached hydrogens (tertiary/aromatic N) is 1. The van der Waals surface area contributed by atoms with Gasteiger partial charge in [-0.1, -0.05) is 22.0 Å². The van der Waals surface area contributed by atoms with Gasteiger partial charge in [0.2, 0.25) is 0 Å². The molecule has 0 bridgehead atoms. The van der Waals surface area contributed by atoms with E-state index in [1.165, 1.54) is 18.9 Å². The Bertz CT molecular complexity index is 333. The molecule has 1 nitrogen and oxygen atoms in total. The van der Waals surface area contributed by atoms with Crippen LogP contribution in [0.4, 0.5) is 4.39 Å². The van der Waals surface area contributed by atoms with Gasteiger partial charge in [0.1, 0.15) is 5.82 Å². The van der Waals surface area contributed by atoms with Crippen molar-refractivity contribution in [2.24, 2.45) is 0 Å². The van der Waals surface area contributed by atoms with Crippen molar-refractivity contribution in [3.8, 4) is 0 Å². The van der Waals surface area contributed by atoms with E-state index in [4.69, 9.17) is 0 Å². The van der Waals surface area contributed by atoms with Gasteiger partial charge in [0.15, 0.2) is 0 Å². The third-order valence-corrected chi connectivity index (χ3v) is 3.86. The molecule has 0 aromatic heterocycles. The molecule has 0 spiro atoms. The number of benzene rings is 1. The molecule has 1 atom stereocenters. The van der Waals surface area contributed by atoms with Gasteiger partial charge in [-0.25, -0.2) is 4.39 Å². The quantitative estimate of drug-likeness (QED) is 0.795. The van der Waals surface area contributed by atoms with E-state index < -0.39 is 0 Å². The standard InChI is InChI=1S/C12H15BrFN/c1-9-4-3-7-15(9)8-10-11(13)5-2-6-12(10)14/h2,5-6,9H,3-4,7-8H2,1H3. The molecule has 0 saturated carbocycles. The first kappa shape index (κ1) is 11.1. The molecule has 0 aliphatic carbocycles. The van der Waals surface area contributed by atoms with Crippen molar-refractivity contribution in [2.75, 3.05) is 6.54 Å². The van der Waals surface area contributed by atoms with Crippen molar-refractivity contribution in [3.05, 3.63) is 34.1 Å². The van der Waals surface area contributed by atoms with Crippen molar-refractivity contribution in [2.45, 2.75) is 32.4 Å². The van der Waals surface area contributed by atoms with Gasteiger partial charge in [0, 0.05) is 22.6 Å². The van der Waals surface area contributed by atoms with Gasteiger partial charge in [0.25, 0.3) is 0 Å². The Morgan fingerprint density at radius 3 is 2.93 bits per heavy atom. The van der Waals surface area contributed by atoms with Crippen molar-refractivity contribution < 1.29 is 4.39 Å². The molecular weight excluding hydrogens is 257 g/mol. The van der Waals surface area contributed by atoms with Gasteiger partial charge in [-0.05, 0) is 38.4 Å². The minimum absolute atomic E-state index is 0.108. The summed E-state index contributed by atoms with van der Waals surface area (Å²) in [7, 11) is 0. The lowest BCUT2D eigenvalue weighted by Gasteiger charge is -2.21. The first-order valence-electron chi connectivity index (χ1n) is 5.35. The molecule has 1 heterocycles. The molecule has 1 aliphatic heterocycles. The van der Waals surface area contributed by atoms with Crippen LogP contribution in [-0.2, 0) is 6.54 Å². The zero-order chi connectivity index (χ0) is 10.8. The molecular formula is C12H15BrFN. The Labute approximate surface area is 98.4 Å². The largest absolute Gasteiger partial charge is 0.296 e. The average Bonchev–Trinajstić information content (AvgIpc) is 2.58. The Kier molecular flexibility index (Phi) is 3.42. The second-order valence-corrected chi connectivity index (χ2v) is 5.02. The fraction of sp³-hybridized carbons (Fsp3) is 0.500. The van der Waals surface area contributed by atoms with Crippen molar-refractivity contribution >= 4 is 15.9 Å². The average molecular weight is 272 g/mol. The van der Waals surface area contributed by atoms with Gasteiger partial charge in [-0.15, -0.1) is 0 Å². The number of halogens is 2. The molecule has 15 heavy (non-hydrogen) atoms. The van der Waals surface area contributed by atoms with Crippen LogP contribution in [-0.4, -0.2) is 17.5 Å². The summed E-state index contributed by atoms with van der Waals surface area (Å²) < 4.78 is 14.5. The zero-order valence-corrected chi connectivity index (χ0v) is 10.4. The van der Waals surface area contributed by atoms with E-state index in [1.807, 2.05) is 6.07 Å². The predicted molar refractivity (Wildman–Crippen MR) is 63.2 cm³/mol. The second kappa shape index (κ2) is 4.62. The lowest BCUT2D eigenvalue weighted by Crippen LogP contribution is -2.26. The molecule has 0 amide bonds. The first-order valence-corrected chi connectivity index (χ1v) is 6.14. The number of hydrogen-bond donors (Lipinski definition) is 0. The highest BCUT2D eigenvalue weighted by Crippen LogP contribution is 2.25. The summed E-state index contributed by atoms with van der Waals surface area (Å²) >= 11 is 3.41. The van der Waals surface area contributed by atoms with Crippen LogP contribution in [0.2, 0.25) is 0 Å². The smallest absolute Gasteiger partial charge is 0.128 e. The van der Waals surface area contributed by atoms with Crippen LogP contribution in [0.15, 0.2) is 22.7 Å². The lowest BCUT2D eigenvalue weighted by molar-refractivity contribution is 0.256. The van der Waals surface area contributed by atoms with E-state index in [-0.39, 0.29) is 5.82 Å². The van der Waals surface area contributed by atoms with Crippen LogP contribution < -0.4 is 0 Å². The minimum atomic E-state index is -0.108. The summed E-state index contributed by atoms with van der Waals surface area (Å²) in [6.07, 6.45) is 2.46. The molecule has 1 aromatic rings. The Hall–Kier alpha value is -0.410. The van der Waals surface area contributed by atoms with E-state index in [9.17, 15) is 4.39 Å². The van der Waals surface area contributed by atoms with Gasteiger partial charge >= 0.3 is 0 Å². The highest BCUT2D eigenvalue weighted by molar-refractivity contribution is 9.10. The van der Waals surface area contributed by atoms with Gasteiger partial charge < -0.3 is 0 Å². The maximum absolute atomic E-state index is 13.6. The first-order chi connectivity index (χ1) is 7.18. The van der Waals surface area contributed by atoms with Crippen LogP contribution in [0.25, 0.3) is 0 Å². The third kappa shape index (κ3) is 2.40. The number of hydrogen-bond acceptors (Lipinski definition) is 1. The Balaban J connectivity index is 2.16. The van der Waals surface area contributed by atoms with E-state index in [2.05, 4.69) is 27.8 Å². The highest BCUT2D eigenvalue weighted by Gasteiger charge is 2.21. The van der Waals surface area contributed by atoms with Crippen LogP contribution in [0.1, 0.15) is 25.3 Å². The summed E-state index contributed by atoms with van der Waals surface area (Å²) in [5.74, 6) is -0.108. The molecule has 3 heteroatoms. The van der Waals surface area contributed by atoms with Crippen molar-refractivity contribution in [1.82, 2.24) is 4.90 Å². The van der Waals surface area contributed by atoms with Crippen LogP contribution in [0, 0.1) is 5.82 Å². The molecule has 1 unspecified atom stereocenters. The van der Waals surface area contributed by atoms with Crippen LogP contribution in [0.3, 0.4) is 0 Å². The molecule has 1 aromatic carbocycles. The summed E-state index contributed by atoms with van der Waals surface area (Å²) in [4.78, 5) is 2.34. The molecule has 0 N–H and O–H groups in total. The van der Waals surface area contributed by atoms with Crippen molar-refractivity contribution in [3.63, 3.8) is 0 Å². The summed E-state index contributed by atoms with van der Waals surface area (Å²) in [6.45, 7) is 4.01. The van der Waals surface area contributed by atoms with Crippen LogP contribution in [0.5, 0.6) is 0 Å². The number of likely N-dealkylation sites (tertiary alicyclic amines) is 1. The maximum atomic E-state index is 13.6. The topological polar surface area (TPSA) is 3.24 Å². The maximum Gasteiger partial charge on any atom is 0.128 e.